The molecule has 3 N–H and O–H groups in total. The molecule has 2 rings (SSSR count). The monoisotopic (exact) mass is 275 g/mol. The lowest BCUT2D eigenvalue weighted by atomic mass is 9.89. The predicted octanol–water partition coefficient (Wildman–Crippen LogP) is 1.93. The van der Waals surface area contributed by atoms with Crippen LogP contribution in [0.25, 0.3) is 5.69 Å². The van der Waals surface area contributed by atoms with E-state index in [1.807, 2.05) is 45.0 Å². The van der Waals surface area contributed by atoms with Crippen molar-refractivity contribution < 1.29 is 4.74 Å². The van der Waals surface area contributed by atoms with Crippen LogP contribution in [0, 0.1) is 0 Å². The predicted molar refractivity (Wildman–Crippen MR) is 79.5 cm³/mol. The first kappa shape index (κ1) is 14.4. The van der Waals surface area contributed by atoms with E-state index in [0.717, 1.165) is 5.69 Å². The van der Waals surface area contributed by atoms with Crippen molar-refractivity contribution in [1.82, 2.24) is 9.78 Å². The smallest absolute Gasteiger partial charge is 0.276 e. The number of para-hydroxylation sites is 2. The van der Waals surface area contributed by atoms with Gasteiger partial charge >= 0.3 is 0 Å². The molecule has 0 amide bonds. The van der Waals surface area contributed by atoms with Gasteiger partial charge in [-0.05, 0) is 12.1 Å². The number of H-pyrrole nitrogens is 1. The summed E-state index contributed by atoms with van der Waals surface area (Å²) in [5.41, 5.74) is 7.60. The molecule has 20 heavy (non-hydrogen) atoms. The molecular weight excluding hydrogens is 254 g/mol. The van der Waals surface area contributed by atoms with Crippen LogP contribution in [-0.4, -0.2) is 16.9 Å². The molecule has 0 saturated heterocycles. The van der Waals surface area contributed by atoms with Crippen molar-refractivity contribution >= 4 is 0 Å². The van der Waals surface area contributed by atoms with Crippen molar-refractivity contribution in [2.24, 2.45) is 5.73 Å². The van der Waals surface area contributed by atoms with Gasteiger partial charge in [-0.1, -0.05) is 32.9 Å². The Morgan fingerprint density at radius 1 is 1.30 bits per heavy atom. The van der Waals surface area contributed by atoms with Crippen LogP contribution in [0.2, 0.25) is 0 Å². The molecule has 0 aliphatic rings. The summed E-state index contributed by atoms with van der Waals surface area (Å²) >= 11 is 0. The highest BCUT2D eigenvalue weighted by Gasteiger charge is 2.24. The summed E-state index contributed by atoms with van der Waals surface area (Å²) in [6.45, 7) is 6.35. The highest BCUT2D eigenvalue weighted by atomic mass is 16.5. The largest absolute Gasteiger partial charge is 0.494 e. The minimum Gasteiger partial charge on any atom is -0.494 e. The number of hydrogen-bond donors (Lipinski definition) is 2. The van der Waals surface area contributed by atoms with E-state index >= 15 is 0 Å². The maximum Gasteiger partial charge on any atom is 0.276 e. The van der Waals surface area contributed by atoms with Crippen molar-refractivity contribution in [3.8, 4) is 11.4 Å². The molecule has 108 valence electrons. The van der Waals surface area contributed by atoms with Crippen LogP contribution >= 0.6 is 0 Å². The highest BCUT2D eigenvalue weighted by Crippen LogP contribution is 2.25. The van der Waals surface area contributed by atoms with Crippen molar-refractivity contribution in [1.29, 1.82) is 0 Å². The maximum absolute atomic E-state index is 12.5. The Morgan fingerprint density at radius 2 is 1.95 bits per heavy atom. The Labute approximate surface area is 118 Å². The second kappa shape index (κ2) is 5.17. The molecule has 0 atom stereocenters. The third-order valence-corrected chi connectivity index (χ3v) is 3.27. The number of methoxy groups -OCH3 is 1. The number of nitrogens with one attached hydrogen (secondary N) is 1. The fraction of sp³-hybridized carbons (Fsp3) is 0.400. The highest BCUT2D eigenvalue weighted by molar-refractivity contribution is 5.46. The third-order valence-electron chi connectivity index (χ3n) is 3.27. The Bertz CT molecular complexity index is 662. The van der Waals surface area contributed by atoms with Gasteiger partial charge in [0.1, 0.15) is 11.4 Å². The van der Waals surface area contributed by atoms with Gasteiger partial charge in [-0.2, -0.15) is 0 Å². The van der Waals surface area contributed by atoms with E-state index in [1.165, 1.54) is 4.68 Å². The summed E-state index contributed by atoms with van der Waals surface area (Å²) in [6.07, 6.45) is 0. The van der Waals surface area contributed by atoms with Crippen molar-refractivity contribution in [2.75, 3.05) is 7.11 Å². The molecule has 0 aliphatic heterocycles. The first-order chi connectivity index (χ1) is 9.40. The molecule has 0 bridgehead atoms. The summed E-state index contributed by atoms with van der Waals surface area (Å²) in [6, 6.07) is 7.39. The number of aromatic amines is 1. The van der Waals surface area contributed by atoms with Crippen LogP contribution in [0.1, 0.15) is 32.0 Å². The van der Waals surface area contributed by atoms with Crippen LogP contribution in [0.5, 0.6) is 5.75 Å². The van der Waals surface area contributed by atoms with E-state index < -0.39 is 0 Å². The van der Waals surface area contributed by atoms with Crippen molar-refractivity contribution in [3.05, 3.63) is 45.9 Å². The summed E-state index contributed by atoms with van der Waals surface area (Å²) < 4.78 is 6.81. The molecule has 0 radical (unpaired) electrons. The summed E-state index contributed by atoms with van der Waals surface area (Å²) in [5, 5.41) is 3.18. The van der Waals surface area contributed by atoms with Crippen molar-refractivity contribution in [3.63, 3.8) is 0 Å². The standard InChI is InChI=1S/C15H21N3O2/c1-15(2,3)13-10(9-16)14(19)18(17-13)11-7-5-6-8-12(11)20-4/h5-8,17H,9,16H2,1-4H3. The maximum atomic E-state index is 12.5. The number of aromatic nitrogens is 2. The van der Waals surface area contributed by atoms with Gasteiger partial charge < -0.3 is 10.5 Å². The molecule has 0 unspecified atom stereocenters. The van der Waals surface area contributed by atoms with Crippen LogP contribution in [0.15, 0.2) is 29.1 Å². The van der Waals surface area contributed by atoms with Crippen molar-refractivity contribution in [2.45, 2.75) is 32.7 Å². The number of hydrogen-bond acceptors (Lipinski definition) is 3. The van der Waals surface area contributed by atoms with E-state index in [-0.39, 0.29) is 17.5 Å². The summed E-state index contributed by atoms with van der Waals surface area (Å²) in [7, 11) is 1.58. The molecule has 0 spiro atoms. The van der Waals surface area contributed by atoms with E-state index in [1.54, 1.807) is 7.11 Å². The average molecular weight is 275 g/mol. The van der Waals surface area contributed by atoms with Gasteiger partial charge in [0.25, 0.3) is 5.56 Å². The van der Waals surface area contributed by atoms with E-state index in [2.05, 4.69) is 5.10 Å². The normalized spacial score (nSPS) is 11.7. The molecule has 0 aliphatic carbocycles. The Hall–Kier alpha value is -2.01. The Morgan fingerprint density at radius 3 is 2.45 bits per heavy atom. The quantitative estimate of drug-likeness (QED) is 0.899. The fourth-order valence-corrected chi connectivity index (χ4v) is 2.27. The summed E-state index contributed by atoms with van der Waals surface area (Å²) in [4.78, 5) is 12.5. The second-order valence-electron chi connectivity index (χ2n) is 5.73. The molecule has 0 saturated carbocycles. The van der Waals surface area contributed by atoms with Gasteiger partial charge in [0.2, 0.25) is 0 Å². The zero-order valence-electron chi connectivity index (χ0n) is 12.4. The summed E-state index contributed by atoms with van der Waals surface area (Å²) in [5.74, 6) is 0.639. The SMILES string of the molecule is COc1ccccc1-n1[nH]c(C(C)(C)C)c(CN)c1=O. The number of rotatable bonds is 3. The van der Waals surface area contributed by atoms with E-state index in [0.29, 0.717) is 17.0 Å². The first-order valence-electron chi connectivity index (χ1n) is 6.58. The Balaban J connectivity index is 2.71. The van der Waals surface area contributed by atoms with E-state index in [9.17, 15) is 4.79 Å². The third kappa shape index (κ3) is 2.36. The number of benzene rings is 1. The first-order valence-corrected chi connectivity index (χ1v) is 6.58. The van der Waals surface area contributed by atoms with Crippen LogP contribution in [0.3, 0.4) is 0 Å². The number of nitrogens with zero attached hydrogens (tertiary/aromatic N) is 1. The number of ether oxygens (including phenoxy) is 1. The van der Waals surface area contributed by atoms with Crippen LogP contribution < -0.4 is 16.0 Å². The molecule has 5 heteroatoms. The lowest BCUT2D eigenvalue weighted by molar-refractivity contribution is 0.411. The molecule has 0 fully saturated rings. The molecular formula is C15H21N3O2. The Kier molecular flexibility index (Phi) is 3.72. The number of nitrogens with two attached hydrogens (primary N) is 1. The molecule has 2 aromatic rings. The van der Waals surface area contributed by atoms with Gasteiger partial charge in [-0.25, -0.2) is 4.68 Å². The van der Waals surface area contributed by atoms with Gasteiger partial charge in [0, 0.05) is 17.7 Å². The topological polar surface area (TPSA) is 73.0 Å². The second-order valence-corrected chi connectivity index (χ2v) is 5.73. The lowest BCUT2D eigenvalue weighted by Crippen LogP contribution is -2.21. The minimum absolute atomic E-state index is 0.123. The fourth-order valence-electron chi connectivity index (χ4n) is 2.27. The molecule has 1 aromatic heterocycles. The molecule has 1 aromatic carbocycles. The molecule has 1 heterocycles. The average Bonchev–Trinajstić information content (AvgIpc) is 2.75. The van der Waals surface area contributed by atoms with E-state index in [4.69, 9.17) is 10.5 Å². The minimum atomic E-state index is -0.179. The lowest BCUT2D eigenvalue weighted by Gasteiger charge is -2.18. The van der Waals surface area contributed by atoms with Gasteiger partial charge in [-0.15, -0.1) is 0 Å². The zero-order chi connectivity index (χ0) is 14.9. The van der Waals surface area contributed by atoms with Gasteiger partial charge in [0.15, 0.2) is 0 Å². The van der Waals surface area contributed by atoms with Gasteiger partial charge in [0.05, 0.1) is 12.7 Å². The van der Waals surface area contributed by atoms with Crippen LogP contribution in [-0.2, 0) is 12.0 Å². The van der Waals surface area contributed by atoms with Crippen LogP contribution in [0.4, 0.5) is 0 Å². The van der Waals surface area contributed by atoms with Gasteiger partial charge in [-0.3, -0.25) is 9.89 Å². The zero-order valence-corrected chi connectivity index (χ0v) is 12.4. The molecule has 5 nitrogen and oxygen atoms in total.